The van der Waals surface area contributed by atoms with Crippen LogP contribution in [-0.2, 0) is 22.8 Å². The van der Waals surface area contributed by atoms with E-state index in [1.807, 2.05) is 0 Å². The number of nitrogens with one attached hydrogen (secondary N) is 2. The zero-order valence-electron chi connectivity index (χ0n) is 14.3. The molecule has 1 aliphatic carbocycles. The molecule has 27 heavy (non-hydrogen) atoms. The molecule has 2 fully saturated rings. The van der Waals surface area contributed by atoms with Crippen LogP contribution in [0.2, 0.25) is 0 Å². The van der Waals surface area contributed by atoms with Crippen LogP contribution < -0.4 is 10.7 Å². The molecule has 1 aromatic rings. The third kappa shape index (κ3) is 3.73. The molecular weight excluding hydrogens is 389 g/mol. The smallest absolute Gasteiger partial charge is 0.322 e. The van der Waals surface area contributed by atoms with Crippen molar-refractivity contribution in [1.82, 2.24) is 30.5 Å². The summed E-state index contributed by atoms with van der Waals surface area (Å²) in [6.45, 7) is 0. The van der Waals surface area contributed by atoms with Gasteiger partial charge in [-0.3, -0.25) is 15.0 Å². The van der Waals surface area contributed by atoms with Gasteiger partial charge in [-0.25, -0.2) is 4.79 Å². The maximum atomic E-state index is 12.7. The Morgan fingerprint density at radius 1 is 1.26 bits per heavy atom. The SMILES string of the molecule is Cn1c(SCC(=O)NN2C(=O)NC3(CCCCC3)C2=O)nnc1C(F)(F)F. The van der Waals surface area contributed by atoms with E-state index in [4.69, 9.17) is 0 Å². The maximum Gasteiger partial charge on any atom is 0.451 e. The number of amides is 4. The number of hydrogen-bond acceptors (Lipinski definition) is 6. The minimum Gasteiger partial charge on any atom is -0.322 e. The molecule has 1 saturated heterocycles. The van der Waals surface area contributed by atoms with E-state index in [0.29, 0.717) is 29.6 Å². The molecule has 0 atom stereocenters. The summed E-state index contributed by atoms with van der Waals surface area (Å²) in [5, 5.41) is 9.63. The molecular formula is C14H17F3N6O3S. The van der Waals surface area contributed by atoms with Gasteiger partial charge in [0, 0.05) is 7.05 Å². The second kappa shape index (κ2) is 7.02. The molecule has 0 bridgehead atoms. The number of halogens is 3. The lowest BCUT2D eigenvalue weighted by atomic mass is 9.82. The van der Waals surface area contributed by atoms with E-state index in [2.05, 4.69) is 20.9 Å². The Labute approximate surface area is 156 Å². The minimum absolute atomic E-state index is 0.113. The second-order valence-electron chi connectivity index (χ2n) is 6.40. The van der Waals surface area contributed by atoms with E-state index in [1.165, 1.54) is 0 Å². The standard InChI is InChI=1S/C14H17F3N6O3S/c1-22-9(14(15,16)17)19-20-12(22)27-7-8(24)21-23-10(25)13(18-11(23)26)5-3-2-4-6-13/h2-7H2,1H3,(H,18,26)(H,21,24). The summed E-state index contributed by atoms with van der Waals surface area (Å²) in [6, 6.07) is -0.710. The van der Waals surface area contributed by atoms with E-state index >= 15 is 0 Å². The molecule has 148 valence electrons. The summed E-state index contributed by atoms with van der Waals surface area (Å²) >= 11 is 0.713. The summed E-state index contributed by atoms with van der Waals surface area (Å²) in [4.78, 5) is 36.7. The van der Waals surface area contributed by atoms with E-state index < -0.39 is 35.4 Å². The topological polar surface area (TPSA) is 109 Å². The van der Waals surface area contributed by atoms with Crippen molar-refractivity contribution in [2.75, 3.05) is 5.75 Å². The van der Waals surface area contributed by atoms with E-state index in [1.54, 1.807) is 0 Å². The summed E-state index contributed by atoms with van der Waals surface area (Å²) in [7, 11) is 1.13. The summed E-state index contributed by atoms with van der Waals surface area (Å²) in [6.07, 6.45) is -1.05. The number of alkyl halides is 3. The van der Waals surface area contributed by atoms with E-state index in [-0.39, 0.29) is 10.9 Å². The second-order valence-corrected chi connectivity index (χ2v) is 7.34. The number of hydrogen-bond donors (Lipinski definition) is 2. The average molecular weight is 406 g/mol. The highest BCUT2D eigenvalue weighted by Crippen LogP contribution is 2.33. The zero-order valence-corrected chi connectivity index (χ0v) is 15.1. The van der Waals surface area contributed by atoms with Crippen molar-refractivity contribution in [2.45, 2.75) is 49.0 Å². The quantitative estimate of drug-likeness (QED) is 0.575. The van der Waals surface area contributed by atoms with Crippen LogP contribution in [0.3, 0.4) is 0 Å². The Kier molecular flexibility index (Phi) is 5.06. The van der Waals surface area contributed by atoms with Crippen molar-refractivity contribution in [3.05, 3.63) is 5.82 Å². The van der Waals surface area contributed by atoms with Crippen LogP contribution in [0.5, 0.6) is 0 Å². The third-order valence-electron chi connectivity index (χ3n) is 4.53. The first kappa shape index (κ1) is 19.5. The first-order valence-corrected chi connectivity index (χ1v) is 9.18. The van der Waals surface area contributed by atoms with Crippen molar-refractivity contribution in [3.63, 3.8) is 0 Å². The number of aromatic nitrogens is 3. The highest BCUT2D eigenvalue weighted by Gasteiger charge is 2.52. The minimum atomic E-state index is -4.66. The molecule has 1 spiro atoms. The Balaban J connectivity index is 1.59. The van der Waals surface area contributed by atoms with E-state index in [9.17, 15) is 27.6 Å². The Morgan fingerprint density at radius 3 is 2.52 bits per heavy atom. The van der Waals surface area contributed by atoms with Crippen LogP contribution in [0.15, 0.2) is 5.16 Å². The largest absolute Gasteiger partial charge is 0.451 e. The van der Waals surface area contributed by atoms with Gasteiger partial charge in [0.1, 0.15) is 5.54 Å². The molecule has 9 nitrogen and oxygen atoms in total. The fourth-order valence-electron chi connectivity index (χ4n) is 3.19. The lowest BCUT2D eigenvalue weighted by Gasteiger charge is -2.30. The monoisotopic (exact) mass is 406 g/mol. The van der Waals surface area contributed by atoms with Crippen LogP contribution in [0.25, 0.3) is 0 Å². The maximum absolute atomic E-state index is 12.7. The molecule has 1 aliphatic heterocycles. The molecule has 3 rings (SSSR count). The Bertz CT molecular complexity index is 775. The first-order valence-electron chi connectivity index (χ1n) is 8.20. The van der Waals surface area contributed by atoms with Crippen LogP contribution in [0.1, 0.15) is 37.9 Å². The highest BCUT2D eigenvalue weighted by atomic mass is 32.2. The molecule has 1 saturated carbocycles. The molecule has 1 aromatic heterocycles. The number of imide groups is 1. The molecule has 2 aliphatic rings. The van der Waals surface area contributed by atoms with Crippen molar-refractivity contribution < 1.29 is 27.6 Å². The lowest BCUT2D eigenvalue weighted by Crippen LogP contribution is -2.51. The van der Waals surface area contributed by atoms with Gasteiger partial charge in [-0.1, -0.05) is 31.0 Å². The number of carbonyl (C=O) groups excluding carboxylic acids is 3. The number of urea groups is 1. The van der Waals surface area contributed by atoms with Gasteiger partial charge in [-0.2, -0.15) is 18.2 Å². The van der Waals surface area contributed by atoms with Crippen LogP contribution >= 0.6 is 11.8 Å². The summed E-state index contributed by atoms with van der Waals surface area (Å²) in [5.74, 6) is -2.75. The first-order chi connectivity index (χ1) is 12.6. The molecule has 0 aromatic carbocycles. The van der Waals surface area contributed by atoms with Gasteiger partial charge < -0.3 is 9.88 Å². The fraction of sp³-hybridized carbons (Fsp3) is 0.643. The van der Waals surface area contributed by atoms with Gasteiger partial charge in [0.05, 0.1) is 5.75 Å². The zero-order chi connectivity index (χ0) is 19.8. The third-order valence-corrected chi connectivity index (χ3v) is 5.55. The van der Waals surface area contributed by atoms with Gasteiger partial charge in [-0.05, 0) is 12.8 Å². The molecule has 13 heteroatoms. The number of carbonyl (C=O) groups is 3. The number of hydrazine groups is 1. The van der Waals surface area contributed by atoms with Crippen LogP contribution in [0, 0.1) is 0 Å². The van der Waals surface area contributed by atoms with Gasteiger partial charge in [0.2, 0.25) is 11.7 Å². The van der Waals surface area contributed by atoms with Crippen LogP contribution in [-0.4, -0.2) is 48.9 Å². The molecule has 0 radical (unpaired) electrons. The van der Waals surface area contributed by atoms with Crippen molar-refractivity contribution in [1.29, 1.82) is 0 Å². The molecule has 2 N–H and O–H groups in total. The van der Waals surface area contributed by atoms with Crippen LogP contribution in [0.4, 0.5) is 18.0 Å². The lowest BCUT2D eigenvalue weighted by molar-refractivity contribution is -0.147. The van der Waals surface area contributed by atoms with Crippen molar-refractivity contribution in [2.24, 2.45) is 7.05 Å². The Morgan fingerprint density at radius 2 is 1.93 bits per heavy atom. The normalized spacial score (nSPS) is 19.5. The average Bonchev–Trinajstić information content (AvgIpc) is 3.07. The highest BCUT2D eigenvalue weighted by molar-refractivity contribution is 7.99. The summed E-state index contributed by atoms with van der Waals surface area (Å²) in [5.41, 5.74) is 1.24. The van der Waals surface area contributed by atoms with Gasteiger partial charge in [0.15, 0.2) is 5.16 Å². The van der Waals surface area contributed by atoms with Gasteiger partial charge in [0.25, 0.3) is 5.91 Å². The van der Waals surface area contributed by atoms with E-state index in [0.717, 1.165) is 30.9 Å². The molecule has 2 heterocycles. The van der Waals surface area contributed by atoms with Crippen molar-refractivity contribution >= 4 is 29.6 Å². The fourth-order valence-corrected chi connectivity index (χ4v) is 3.89. The molecule has 4 amide bonds. The van der Waals surface area contributed by atoms with Gasteiger partial charge >= 0.3 is 12.2 Å². The number of rotatable bonds is 4. The van der Waals surface area contributed by atoms with Gasteiger partial charge in [-0.15, -0.1) is 10.2 Å². The predicted molar refractivity (Wildman–Crippen MR) is 86.1 cm³/mol. The van der Waals surface area contributed by atoms with Crippen molar-refractivity contribution in [3.8, 4) is 0 Å². The Hall–Kier alpha value is -2.31. The molecule has 0 unspecified atom stereocenters. The number of nitrogens with zero attached hydrogens (tertiary/aromatic N) is 4. The predicted octanol–water partition coefficient (Wildman–Crippen LogP) is 1.21. The number of thioether (sulfide) groups is 1. The summed E-state index contributed by atoms with van der Waals surface area (Å²) < 4.78 is 38.8.